The monoisotopic (exact) mass is 310 g/mol. The Morgan fingerprint density at radius 1 is 1.04 bits per heavy atom. The number of rotatable bonds is 5. The zero-order valence-electron chi connectivity index (χ0n) is 12.0. The van der Waals surface area contributed by atoms with Gasteiger partial charge in [0, 0.05) is 6.08 Å². The van der Waals surface area contributed by atoms with Crippen molar-refractivity contribution in [3.05, 3.63) is 66.2 Å². The molecule has 3 N–H and O–H groups in total. The zero-order chi connectivity index (χ0) is 16.5. The van der Waals surface area contributed by atoms with Crippen LogP contribution in [0.1, 0.15) is 5.56 Å². The number of nitrogens with one attached hydrogen (secondary N) is 1. The predicted molar refractivity (Wildman–Crippen MR) is 85.7 cm³/mol. The highest BCUT2D eigenvalue weighted by Gasteiger charge is 1.99. The highest BCUT2D eigenvalue weighted by molar-refractivity contribution is 5.87. The van der Waals surface area contributed by atoms with E-state index in [0.29, 0.717) is 11.4 Å². The molecule has 0 saturated carbocycles. The molecule has 0 aliphatic rings. The number of hydrogen-bond donors (Lipinski definition) is 2. The number of hydrogen-bond acceptors (Lipinski definition) is 5. The number of anilines is 1. The van der Waals surface area contributed by atoms with Gasteiger partial charge >= 0.3 is 12.0 Å². The molecule has 0 spiro atoms. The first-order valence-corrected chi connectivity index (χ1v) is 6.65. The Balaban J connectivity index is 1.84. The van der Waals surface area contributed by atoms with Crippen LogP contribution in [0.2, 0.25) is 0 Å². The molecule has 2 aromatic rings. The summed E-state index contributed by atoms with van der Waals surface area (Å²) >= 11 is 0. The van der Waals surface area contributed by atoms with Gasteiger partial charge in [-0.3, -0.25) is 0 Å². The van der Waals surface area contributed by atoms with Gasteiger partial charge in [-0.25, -0.2) is 15.1 Å². The largest absolute Gasteiger partial charge is 0.356 e. The smallest absolute Gasteiger partial charge is 0.348 e. The summed E-state index contributed by atoms with van der Waals surface area (Å²) < 4.78 is 0. The average molecular weight is 310 g/mol. The van der Waals surface area contributed by atoms with E-state index in [1.54, 1.807) is 30.3 Å². The van der Waals surface area contributed by atoms with Gasteiger partial charge in [-0.2, -0.15) is 0 Å². The van der Waals surface area contributed by atoms with E-state index in [9.17, 15) is 9.59 Å². The molecule has 0 radical (unpaired) electrons. The lowest BCUT2D eigenvalue weighted by molar-refractivity contribution is -0.134. The highest BCUT2D eigenvalue weighted by Crippen LogP contribution is 2.16. The number of benzene rings is 2. The van der Waals surface area contributed by atoms with Crippen LogP contribution in [0.4, 0.5) is 16.2 Å². The van der Waals surface area contributed by atoms with E-state index in [1.807, 2.05) is 30.3 Å². The van der Waals surface area contributed by atoms with Crippen molar-refractivity contribution in [2.24, 2.45) is 16.0 Å². The van der Waals surface area contributed by atoms with Crippen molar-refractivity contribution in [3.63, 3.8) is 0 Å². The molecule has 2 amide bonds. The standard InChI is InChI=1S/C16H14N4O3/c17-16(22)19-18-13-7-9-14(10-8-13)20-23-15(21)11-6-12-4-2-1-3-5-12/h1-11,20H,(H2,17,22)/b11-6+,19-18?. The summed E-state index contributed by atoms with van der Waals surface area (Å²) in [7, 11) is 0. The van der Waals surface area contributed by atoms with E-state index >= 15 is 0 Å². The molecular weight excluding hydrogens is 296 g/mol. The van der Waals surface area contributed by atoms with E-state index in [-0.39, 0.29) is 0 Å². The van der Waals surface area contributed by atoms with Crippen molar-refractivity contribution in [1.29, 1.82) is 0 Å². The summed E-state index contributed by atoms with van der Waals surface area (Å²) in [6.45, 7) is 0. The van der Waals surface area contributed by atoms with Gasteiger partial charge in [0.25, 0.3) is 0 Å². The fraction of sp³-hybridized carbons (Fsp3) is 0. The Kier molecular flexibility index (Phi) is 5.59. The number of urea groups is 1. The Morgan fingerprint density at radius 2 is 1.74 bits per heavy atom. The van der Waals surface area contributed by atoms with Crippen molar-refractivity contribution >= 4 is 29.5 Å². The Bertz CT molecular complexity index is 725. The van der Waals surface area contributed by atoms with Crippen molar-refractivity contribution in [2.45, 2.75) is 0 Å². The molecule has 0 unspecified atom stereocenters. The fourth-order valence-electron chi connectivity index (χ4n) is 1.57. The molecule has 2 rings (SSSR count). The molecule has 0 aromatic heterocycles. The molecule has 7 heteroatoms. The summed E-state index contributed by atoms with van der Waals surface area (Å²) in [6.07, 6.45) is 2.97. The van der Waals surface area contributed by atoms with Gasteiger partial charge in [0.1, 0.15) is 0 Å². The molecule has 116 valence electrons. The first kappa shape index (κ1) is 15.9. The van der Waals surface area contributed by atoms with Crippen LogP contribution >= 0.6 is 0 Å². The minimum Gasteiger partial charge on any atom is -0.348 e. The molecule has 0 aliphatic carbocycles. The molecule has 0 heterocycles. The van der Waals surface area contributed by atoms with Gasteiger partial charge < -0.3 is 10.6 Å². The first-order valence-electron chi connectivity index (χ1n) is 6.65. The van der Waals surface area contributed by atoms with Crippen LogP contribution in [0.15, 0.2) is 70.9 Å². The maximum atomic E-state index is 11.6. The van der Waals surface area contributed by atoms with Crippen LogP contribution < -0.4 is 11.2 Å². The molecule has 0 bridgehead atoms. The van der Waals surface area contributed by atoms with E-state index < -0.39 is 12.0 Å². The highest BCUT2D eigenvalue weighted by atomic mass is 16.7. The van der Waals surface area contributed by atoms with Crippen molar-refractivity contribution in [3.8, 4) is 0 Å². The van der Waals surface area contributed by atoms with Gasteiger partial charge in [0.15, 0.2) is 0 Å². The lowest BCUT2D eigenvalue weighted by atomic mass is 10.2. The lowest BCUT2D eigenvalue weighted by Gasteiger charge is -2.04. The maximum absolute atomic E-state index is 11.6. The number of carbonyl (C=O) groups excluding carboxylic acids is 2. The normalized spacial score (nSPS) is 10.8. The van der Waals surface area contributed by atoms with E-state index in [4.69, 9.17) is 10.6 Å². The zero-order valence-corrected chi connectivity index (χ0v) is 12.0. The van der Waals surface area contributed by atoms with Crippen molar-refractivity contribution in [2.75, 3.05) is 5.48 Å². The Hall–Kier alpha value is -3.48. The van der Waals surface area contributed by atoms with Crippen molar-refractivity contribution in [1.82, 2.24) is 0 Å². The van der Waals surface area contributed by atoms with Crippen LogP contribution in [0.5, 0.6) is 0 Å². The number of azo groups is 1. The molecule has 0 aliphatic heterocycles. The SMILES string of the molecule is NC(=O)N=Nc1ccc(NOC(=O)/C=C/c2ccccc2)cc1. The van der Waals surface area contributed by atoms with Crippen LogP contribution in [-0.4, -0.2) is 12.0 Å². The van der Waals surface area contributed by atoms with Crippen LogP contribution in [0.3, 0.4) is 0 Å². The van der Waals surface area contributed by atoms with E-state index in [1.165, 1.54) is 6.08 Å². The minimum atomic E-state index is -0.869. The number of amides is 2. The Morgan fingerprint density at radius 3 is 2.39 bits per heavy atom. The topological polar surface area (TPSA) is 106 Å². The second-order valence-corrected chi connectivity index (χ2v) is 4.35. The second-order valence-electron chi connectivity index (χ2n) is 4.35. The summed E-state index contributed by atoms with van der Waals surface area (Å²) in [6, 6.07) is 14.9. The van der Waals surface area contributed by atoms with Gasteiger partial charge in [0.2, 0.25) is 0 Å². The third-order valence-electron chi connectivity index (χ3n) is 2.61. The van der Waals surface area contributed by atoms with E-state index in [2.05, 4.69) is 15.7 Å². The molecule has 0 saturated heterocycles. The van der Waals surface area contributed by atoms with Gasteiger partial charge in [0.05, 0.1) is 11.4 Å². The number of nitrogens with two attached hydrogens (primary N) is 1. The summed E-state index contributed by atoms with van der Waals surface area (Å²) in [5, 5.41) is 6.81. The third kappa shape index (κ3) is 5.80. The molecular formula is C16H14N4O3. The first-order chi connectivity index (χ1) is 11.1. The Labute approximate surface area is 132 Å². The molecule has 2 aromatic carbocycles. The minimum absolute atomic E-state index is 0.449. The molecule has 7 nitrogen and oxygen atoms in total. The van der Waals surface area contributed by atoms with Gasteiger partial charge in [-0.05, 0) is 35.9 Å². The van der Waals surface area contributed by atoms with E-state index in [0.717, 1.165) is 5.56 Å². The average Bonchev–Trinajstić information content (AvgIpc) is 2.58. The summed E-state index contributed by atoms with van der Waals surface area (Å²) in [5.41, 5.74) is 9.25. The summed E-state index contributed by atoms with van der Waals surface area (Å²) in [4.78, 5) is 26.9. The fourth-order valence-corrected chi connectivity index (χ4v) is 1.57. The summed E-state index contributed by atoms with van der Waals surface area (Å²) in [5.74, 6) is -0.536. The lowest BCUT2D eigenvalue weighted by Crippen LogP contribution is -2.07. The maximum Gasteiger partial charge on any atom is 0.356 e. The second kappa shape index (κ2) is 8.08. The number of carbonyl (C=O) groups is 2. The molecule has 23 heavy (non-hydrogen) atoms. The number of primary amides is 1. The molecule has 0 atom stereocenters. The van der Waals surface area contributed by atoms with Gasteiger partial charge in [-0.1, -0.05) is 35.4 Å². The van der Waals surface area contributed by atoms with Crippen LogP contribution in [0, 0.1) is 0 Å². The van der Waals surface area contributed by atoms with Gasteiger partial charge in [-0.15, -0.1) is 5.11 Å². The van der Waals surface area contributed by atoms with Crippen LogP contribution in [0.25, 0.3) is 6.08 Å². The van der Waals surface area contributed by atoms with Crippen molar-refractivity contribution < 1.29 is 14.4 Å². The third-order valence-corrected chi connectivity index (χ3v) is 2.61. The quantitative estimate of drug-likeness (QED) is 0.501. The predicted octanol–water partition coefficient (Wildman–Crippen LogP) is 3.43. The molecule has 0 fully saturated rings. The van der Waals surface area contributed by atoms with Crippen LogP contribution in [-0.2, 0) is 9.63 Å². The number of nitrogens with zero attached hydrogens (tertiary/aromatic N) is 2.